The summed E-state index contributed by atoms with van der Waals surface area (Å²) >= 11 is 0. The molecule has 1 heterocycles. The predicted octanol–water partition coefficient (Wildman–Crippen LogP) is 2.28. The van der Waals surface area contributed by atoms with E-state index in [2.05, 4.69) is 30.8 Å². The molecule has 0 saturated carbocycles. The van der Waals surface area contributed by atoms with Gasteiger partial charge in [0.15, 0.2) is 5.78 Å². The van der Waals surface area contributed by atoms with E-state index in [1.165, 1.54) is 12.1 Å². The van der Waals surface area contributed by atoms with E-state index in [-0.39, 0.29) is 17.6 Å². The minimum atomic E-state index is -0.309. The quantitative estimate of drug-likeness (QED) is 0.789. The van der Waals surface area contributed by atoms with Crippen LogP contribution in [-0.4, -0.2) is 54.9 Å². The highest BCUT2D eigenvalue weighted by molar-refractivity contribution is 5.99. The summed E-state index contributed by atoms with van der Waals surface area (Å²) in [7, 11) is 4.16. The van der Waals surface area contributed by atoms with Crippen LogP contribution in [0.1, 0.15) is 24.2 Å². The number of likely N-dealkylation sites (tertiary alicyclic amines) is 1. The van der Waals surface area contributed by atoms with Gasteiger partial charge in [0.2, 0.25) is 0 Å². The molecule has 1 aliphatic rings. The molecule has 0 aromatic heterocycles. The molecule has 0 spiro atoms. The number of benzene rings is 1. The molecule has 20 heavy (non-hydrogen) atoms. The lowest BCUT2D eigenvalue weighted by Crippen LogP contribution is -2.40. The van der Waals surface area contributed by atoms with Crippen molar-refractivity contribution in [2.45, 2.75) is 25.9 Å². The largest absolute Gasteiger partial charge is 0.305 e. The molecule has 1 aliphatic heterocycles. The Balaban J connectivity index is 2.06. The highest BCUT2D eigenvalue weighted by Gasteiger charge is 2.35. The van der Waals surface area contributed by atoms with Crippen LogP contribution in [0.2, 0.25) is 0 Å². The monoisotopic (exact) mass is 278 g/mol. The van der Waals surface area contributed by atoms with E-state index in [9.17, 15) is 9.18 Å². The summed E-state index contributed by atoms with van der Waals surface area (Å²) in [4.78, 5) is 16.9. The third kappa shape index (κ3) is 3.07. The van der Waals surface area contributed by atoms with E-state index in [1.807, 2.05) is 6.92 Å². The van der Waals surface area contributed by atoms with Crippen LogP contribution in [0.3, 0.4) is 0 Å². The fourth-order valence-corrected chi connectivity index (χ4v) is 3.00. The van der Waals surface area contributed by atoms with Gasteiger partial charge in [-0.1, -0.05) is 6.92 Å². The molecule has 4 heteroatoms. The molecule has 3 nitrogen and oxygen atoms in total. The van der Waals surface area contributed by atoms with Crippen LogP contribution in [-0.2, 0) is 0 Å². The molecular weight excluding hydrogens is 255 g/mol. The van der Waals surface area contributed by atoms with Gasteiger partial charge in [0, 0.05) is 24.7 Å². The summed E-state index contributed by atoms with van der Waals surface area (Å²) < 4.78 is 12.9. The minimum absolute atomic E-state index is 0.0663. The molecule has 3 atom stereocenters. The van der Waals surface area contributed by atoms with Gasteiger partial charge in [-0.25, -0.2) is 4.39 Å². The van der Waals surface area contributed by atoms with Crippen molar-refractivity contribution in [3.05, 3.63) is 35.6 Å². The van der Waals surface area contributed by atoms with E-state index in [1.54, 1.807) is 12.1 Å². The number of halogens is 1. The molecular formula is C16H23FN2O. The van der Waals surface area contributed by atoms with Gasteiger partial charge in [-0.3, -0.25) is 9.69 Å². The number of hydrogen-bond acceptors (Lipinski definition) is 3. The van der Waals surface area contributed by atoms with Crippen molar-refractivity contribution in [1.29, 1.82) is 0 Å². The van der Waals surface area contributed by atoms with Crippen LogP contribution in [0, 0.1) is 11.7 Å². The molecule has 0 radical (unpaired) electrons. The molecule has 110 valence electrons. The number of carbonyl (C=O) groups excluding carboxylic acids is 1. The molecule has 1 saturated heterocycles. The zero-order chi connectivity index (χ0) is 14.9. The first-order chi connectivity index (χ1) is 9.40. The van der Waals surface area contributed by atoms with Gasteiger partial charge in [0.25, 0.3) is 0 Å². The van der Waals surface area contributed by atoms with Crippen LogP contribution >= 0.6 is 0 Å². The van der Waals surface area contributed by atoms with Crippen molar-refractivity contribution in [3.8, 4) is 0 Å². The molecule has 0 bridgehead atoms. The summed E-state index contributed by atoms with van der Waals surface area (Å²) in [5.74, 6) is 0.307. The van der Waals surface area contributed by atoms with Crippen molar-refractivity contribution in [3.63, 3.8) is 0 Å². The Morgan fingerprint density at radius 2 is 1.90 bits per heavy atom. The molecule has 1 fully saturated rings. The Bertz CT molecular complexity index is 472. The van der Waals surface area contributed by atoms with E-state index in [0.717, 1.165) is 13.1 Å². The van der Waals surface area contributed by atoms with Gasteiger partial charge in [-0.15, -0.1) is 0 Å². The van der Waals surface area contributed by atoms with Crippen LogP contribution in [0.15, 0.2) is 24.3 Å². The number of hydrogen-bond donors (Lipinski definition) is 0. The van der Waals surface area contributed by atoms with E-state index in [4.69, 9.17) is 0 Å². The highest BCUT2D eigenvalue weighted by atomic mass is 19.1. The SMILES string of the molecule is CC1CN(C(C)C(=O)c2ccc(F)cc2)CC1N(C)C. The first-order valence-electron chi connectivity index (χ1n) is 7.10. The lowest BCUT2D eigenvalue weighted by molar-refractivity contribution is 0.0858. The normalized spacial score (nSPS) is 25.1. The zero-order valence-electron chi connectivity index (χ0n) is 12.6. The summed E-state index contributed by atoms with van der Waals surface area (Å²) in [5.41, 5.74) is 0.583. The predicted molar refractivity (Wildman–Crippen MR) is 78.4 cm³/mol. The average Bonchev–Trinajstić information content (AvgIpc) is 2.80. The Kier molecular flexibility index (Phi) is 4.55. The van der Waals surface area contributed by atoms with Gasteiger partial charge < -0.3 is 4.90 Å². The second-order valence-electron chi connectivity index (χ2n) is 6.01. The van der Waals surface area contributed by atoms with Gasteiger partial charge in [0.05, 0.1) is 6.04 Å². The van der Waals surface area contributed by atoms with Crippen LogP contribution in [0.4, 0.5) is 4.39 Å². The van der Waals surface area contributed by atoms with Gasteiger partial charge in [0.1, 0.15) is 5.82 Å². The number of carbonyl (C=O) groups is 1. The zero-order valence-corrected chi connectivity index (χ0v) is 12.6. The summed E-state index contributed by atoms with van der Waals surface area (Å²) in [6.45, 7) is 6.00. The maximum absolute atomic E-state index is 12.9. The van der Waals surface area contributed by atoms with Gasteiger partial charge in [-0.2, -0.15) is 0 Å². The first kappa shape index (κ1) is 15.1. The van der Waals surface area contributed by atoms with Crippen molar-refractivity contribution in [2.75, 3.05) is 27.2 Å². The number of likely N-dealkylation sites (N-methyl/N-ethyl adjacent to an activating group) is 1. The topological polar surface area (TPSA) is 23.6 Å². The molecule has 1 aromatic carbocycles. The summed E-state index contributed by atoms with van der Waals surface area (Å²) in [6.07, 6.45) is 0. The first-order valence-corrected chi connectivity index (χ1v) is 7.10. The molecule has 0 N–H and O–H groups in total. The van der Waals surface area contributed by atoms with Crippen molar-refractivity contribution in [2.24, 2.45) is 5.92 Å². The minimum Gasteiger partial charge on any atom is -0.305 e. The van der Waals surface area contributed by atoms with Crippen LogP contribution in [0.5, 0.6) is 0 Å². The van der Waals surface area contributed by atoms with Crippen molar-refractivity contribution in [1.82, 2.24) is 9.80 Å². The average molecular weight is 278 g/mol. The highest BCUT2D eigenvalue weighted by Crippen LogP contribution is 2.23. The number of rotatable bonds is 4. The van der Waals surface area contributed by atoms with Crippen molar-refractivity contribution >= 4 is 5.78 Å². The molecule has 1 aromatic rings. The molecule has 2 rings (SSSR count). The van der Waals surface area contributed by atoms with Gasteiger partial charge in [-0.05, 0) is 51.2 Å². The Hall–Kier alpha value is -1.26. The Labute approximate surface area is 120 Å². The summed E-state index contributed by atoms with van der Waals surface area (Å²) in [6, 6.07) is 6.14. The Morgan fingerprint density at radius 1 is 1.30 bits per heavy atom. The van der Waals surface area contributed by atoms with Crippen LogP contribution in [0.25, 0.3) is 0 Å². The maximum atomic E-state index is 12.9. The van der Waals surface area contributed by atoms with Crippen LogP contribution < -0.4 is 0 Å². The van der Waals surface area contributed by atoms with E-state index < -0.39 is 0 Å². The van der Waals surface area contributed by atoms with E-state index >= 15 is 0 Å². The second kappa shape index (κ2) is 6.02. The fourth-order valence-electron chi connectivity index (χ4n) is 3.00. The molecule has 0 aliphatic carbocycles. The van der Waals surface area contributed by atoms with Gasteiger partial charge >= 0.3 is 0 Å². The maximum Gasteiger partial charge on any atom is 0.179 e. The molecule has 3 unspecified atom stereocenters. The standard InChI is InChI=1S/C16H23FN2O/c1-11-9-19(10-15(11)18(3)4)12(2)16(20)13-5-7-14(17)8-6-13/h5-8,11-12,15H,9-10H2,1-4H3. The fraction of sp³-hybridized carbons (Fsp3) is 0.562. The second-order valence-corrected chi connectivity index (χ2v) is 6.01. The smallest absolute Gasteiger partial charge is 0.179 e. The lowest BCUT2D eigenvalue weighted by atomic mass is 10.0. The third-order valence-electron chi connectivity index (χ3n) is 4.32. The lowest BCUT2D eigenvalue weighted by Gasteiger charge is -2.25. The Morgan fingerprint density at radius 3 is 2.40 bits per heavy atom. The van der Waals surface area contributed by atoms with Crippen molar-refractivity contribution < 1.29 is 9.18 Å². The number of nitrogens with zero attached hydrogens (tertiary/aromatic N) is 2. The number of Topliss-reactive ketones (excluding diaryl/α,β-unsaturated/α-hetero) is 1. The summed E-state index contributed by atoms with van der Waals surface area (Å²) in [5, 5.41) is 0. The molecule has 0 amide bonds. The third-order valence-corrected chi connectivity index (χ3v) is 4.32. The number of ketones is 1. The van der Waals surface area contributed by atoms with E-state index in [0.29, 0.717) is 17.5 Å².